The van der Waals surface area contributed by atoms with Gasteiger partial charge < -0.3 is 29.8 Å². The van der Waals surface area contributed by atoms with Gasteiger partial charge in [-0.1, -0.05) is 18.2 Å². The number of carbonyl (C=O) groups excluding carboxylic acids is 1. The Balaban J connectivity index is 1.74. The average molecular weight is 437 g/mol. The Kier molecular flexibility index (Phi) is 6.43. The van der Waals surface area contributed by atoms with Crippen LogP contribution in [0.25, 0.3) is 22.0 Å². The molecule has 3 aromatic rings. The van der Waals surface area contributed by atoms with Gasteiger partial charge in [-0.25, -0.2) is 0 Å². The molecule has 2 aromatic carbocycles. The molecule has 1 aromatic heterocycles. The second-order valence-corrected chi connectivity index (χ2v) is 7.67. The lowest BCUT2D eigenvalue weighted by atomic mass is 10.0. The highest BCUT2D eigenvalue weighted by Crippen LogP contribution is 2.36. The zero-order valence-corrected chi connectivity index (χ0v) is 18.2. The summed E-state index contributed by atoms with van der Waals surface area (Å²) in [5.41, 5.74) is 8.53. The molecule has 1 aliphatic heterocycles. The van der Waals surface area contributed by atoms with Crippen molar-refractivity contribution in [2.45, 2.75) is 33.0 Å². The number of hydrogen-bond donors (Lipinski definition) is 2. The number of fused-ring (bicyclic) bond motifs is 2. The van der Waals surface area contributed by atoms with Gasteiger partial charge in [0.05, 0.1) is 18.2 Å². The summed E-state index contributed by atoms with van der Waals surface area (Å²) in [6.45, 7) is 5.49. The highest BCUT2D eigenvalue weighted by Gasteiger charge is 2.16. The fraction of sp³-hybridized carbons (Fsp3) is 0.333. The molecule has 3 N–H and O–H groups in total. The summed E-state index contributed by atoms with van der Waals surface area (Å²) < 4.78 is 18.1. The number of nitrogens with one attached hydrogen (secondary N) is 1. The number of carbonyl (C=O) groups is 1. The van der Waals surface area contributed by atoms with Gasteiger partial charge in [-0.3, -0.25) is 9.59 Å². The number of benzene rings is 2. The van der Waals surface area contributed by atoms with E-state index in [2.05, 4.69) is 5.32 Å². The van der Waals surface area contributed by atoms with Gasteiger partial charge in [-0.15, -0.1) is 0 Å². The highest BCUT2D eigenvalue weighted by atomic mass is 16.7. The van der Waals surface area contributed by atoms with E-state index in [1.165, 1.54) is 0 Å². The van der Waals surface area contributed by atoms with Gasteiger partial charge in [0.25, 0.3) is 5.56 Å². The smallest absolute Gasteiger partial charge is 0.255 e. The van der Waals surface area contributed by atoms with Gasteiger partial charge in [0.1, 0.15) is 0 Å². The predicted octanol–water partition coefficient (Wildman–Crippen LogP) is 2.40. The molecule has 0 saturated carbocycles. The summed E-state index contributed by atoms with van der Waals surface area (Å²) in [6, 6.07) is 13.1. The van der Waals surface area contributed by atoms with Crippen molar-refractivity contribution in [2.24, 2.45) is 5.73 Å². The summed E-state index contributed by atoms with van der Waals surface area (Å²) in [7, 11) is 0. The molecule has 0 spiro atoms. The standard InChI is InChI=1S/C24H27N3O5/c1-3-30-9-8-27-20-11-16(17-6-7-21-22(12-17)32-14-31-21)4-5-18(20)10-19(24(27)29)13-26-15(2)23(25)28/h4-7,10-12,15,26H,3,8-9,13-14H2,1-2H3,(H2,25,28)/t15-/m0/s1. The molecular weight excluding hydrogens is 410 g/mol. The second kappa shape index (κ2) is 9.42. The normalized spacial score (nSPS) is 13.4. The van der Waals surface area contributed by atoms with E-state index in [1.807, 2.05) is 49.4 Å². The van der Waals surface area contributed by atoms with Crippen LogP contribution in [0.4, 0.5) is 0 Å². The van der Waals surface area contributed by atoms with E-state index < -0.39 is 11.9 Å². The van der Waals surface area contributed by atoms with Crippen LogP contribution in [-0.2, 0) is 22.6 Å². The molecule has 2 heterocycles. The lowest BCUT2D eigenvalue weighted by molar-refractivity contribution is -0.119. The molecule has 8 nitrogen and oxygen atoms in total. The first-order valence-corrected chi connectivity index (χ1v) is 10.6. The lowest BCUT2D eigenvalue weighted by Crippen LogP contribution is -2.39. The first kappa shape index (κ1) is 21.9. The number of ether oxygens (including phenoxy) is 3. The number of hydrogen-bond acceptors (Lipinski definition) is 6. The Bertz CT molecular complexity index is 1200. The summed E-state index contributed by atoms with van der Waals surface area (Å²) in [6.07, 6.45) is 0. The highest BCUT2D eigenvalue weighted by molar-refractivity contribution is 5.85. The summed E-state index contributed by atoms with van der Waals surface area (Å²) >= 11 is 0. The number of rotatable bonds is 9. The largest absolute Gasteiger partial charge is 0.454 e. The molecule has 0 fully saturated rings. The average Bonchev–Trinajstić information content (AvgIpc) is 3.26. The van der Waals surface area contributed by atoms with E-state index >= 15 is 0 Å². The van der Waals surface area contributed by atoms with E-state index in [1.54, 1.807) is 11.5 Å². The Hall–Kier alpha value is -3.36. The van der Waals surface area contributed by atoms with E-state index in [9.17, 15) is 9.59 Å². The topological polar surface area (TPSA) is 105 Å². The van der Waals surface area contributed by atoms with Crippen LogP contribution < -0.4 is 26.1 Å². The molecule has 4 rings (SSSR count). The molecule has 0 unspecified atom stereocenters. The van der Waals surface area contributed by atoms with Crippen molar-refractivity contribution in [2.75, 3.05) is 20.0 Å². The van der Waals surface area contributed by atoms with Crippen LogP contribution in [0.1, 0.15) is 19.4 Å². The third-order valence-electron chi connectivity index (χ3n) is 5.57. The molecule has 1 aliphatic rings. The maximum absolute atomic E-state index is 13.3. The van der Waals surface area contributed by atoms with E-state index in [0.717, 1.165) is 27.8 Å². The van der Waals surface area contributed by atoms with Gasteiger partial charge in [-0.05, 0) is 54.6 Å². The molecule has 32 heavy (non-hydrogen) atoms. The van der Waals surface area contributed by atoms with Gasteiger partial charge in [0.15, 0.2) is 11.5 Å². The maximum Gasteiger partial charge on any atom is 0.255 e. The number of aromatic nitrogens is 1. The minimum atomic E-state index is -0.532. The lowest BCUT2D eigenvalue weighted by Gasteiger charge is -2.16. The van der Waals surface area contributed by atoms with E-state index in [-0.39, 0.29) is 18.9 Å². The van der Waals surface area contributed by atoms with Crippen molar-refractivity contribution in [3.05, 3.63) is 58.4 Å². The summed E-state index contributed by atoms with van der Waals surface area (Å²) in [5, 5.41) is 3.94. The predicted molar refractivity (Wildman–Crippen MR) is 122 cm³/mol. The quantitative estimate of drug-likeness (QED) is 0.498. The van der Waals surface area contributed by atoms with Crippen molar-refractivity contribution >= 4 is 16.8 Å². The molecule has 168 valence electrons. The first-order chi connectivity index (χ1) is 15.5. The molecule has 0 bridgehead atoms. The van der Waals surface area contributed by atoms with Crippen LogP contribution >= 0.6 is 0 Å². The molecule has 0 aliphatic carbocycles. The fourth-order valence-electron chi connectivity index (χ4n) is 3.70. The summed E-state index contributed by atoms with van der Waals surface area (Å²) in [5.74, 6) is 0.975. The van der Waals surface area contributed by atoms with Crippen molar-refractivity contribution in [1.82, 2.24) is 9.88 Å². The van der Waals surface area contributed by atoms with Crippen LogP contribution in [0.2, 0.25) is 0 Å². The molecular formula is C24H27N3O5. The number of primary amides is 1. The van der Waals surface area contributed by atoms with Crippen molar-refractivity contribution in [3.63, 3.8) is 0 Å². The second-order valence-electron chi connectivity index (χ2n) is 7.67. The number of amides is 1. The van der Waals surface area contributed by atoms with Crippen LogP contribution in [-0.4, -0.2) is 36.5 Å². The molecule has 1 atom stereocenters. The van der Waals surface area contributed by atoms with Gasteiger partial charge >= 0.3 is 0 Å². The molecule has 1 amide bonds. The minimum absolute atomic E-state index is 0.121. The number of nitrogens with zero attached hydrogens (tertiary/aromatic N) is 1. The first-order valence-electron chi connectivity index (χ1n) is 10.6. The third-order valence-corrected chi connectivity index (χ3v) is 5.57. The zero-order chi connectivity index (χ0) is 22.7. The van der Waals surface area contributed by atoms with Crippen molar-refractivity contribution < 1.29 is 19.0 Å². The van der Waals surface area contributed by atoms with Crippen LogP contribution in [0, 0.1) is 0 Å². The Labute approximate surface area is 185 Å². The fourth-order valence-corrected chi connectivity index (χ4v) is 3.70. The summed E-state index contributed by atoms with van der Waals surface area (Å²) in [4.78, 5) is 24.6. The Morgan fingerprint density at radius 3 is 2.69 bits per heavy atom. The number of pyridine rings is 1. The molecule has 0 saturated heterocycles. The minimum Gasteiger partial charge on any atom is -0.454 e. The van der Waals surface area contributed by atoms with E-state index in [4.69, 9.17) is 19.9 Å². The Morgan fingerprint density at radius 2 is 1.91 bits per heavy atom. The van der Waals surface area contributed by atoms with Crippen LogP contribution in [0.15, 0.2) is 47.3 Å². The van der Waals surface area contributed by atoms with Gasteiger partial charge in [0.2, 0.25) is 12.7 Å². The van der Waals surface area contributed by atoms with E-state index in [0.29, 0.717) is 31.1 Å². The number of nitrogens with two attached hydrogens (primary N) is 1. The van der Waals surface area contributed by atoms with Crippen molar-refractivity contribution in [1.29, 1.82) is 0 Å². The van der Waals surface area contributed by atoms with Gasteiger partial charge in [0, 0.05) is 25.3 Å². The SMILES string of the molecule is CCOCCn1c(=O)c(CN[C@@H](C)C(N)=O)cc2ccc(-c3ccc4c(c3)OCO4)cc21. The van der Waals surface area contributed by atoms with Crippen molar-refractivity contribution in [3.8, 4) is 22.6 Å². The maximum atomic E-state index is 13.3. The third kappa shape index (κ3) is 4.46. The van der Waals surface area contributed by atoms with Crippen LogP contribution in [0.5, 0.6) is 11.5 Å². The van der Waals surface area contributed by atoms with Crippen LogP contribution in [0.3, 0.4) is 0 Å². The molecule has 8 heteroatoms. The monoisotopic (exact) mass is 437 g/mol. The Morgan fingerprint density at radius 1 is 1.16 bits per heavy atom. The molecule has 0 radical (unpaired) electrons. The zero-order valence-electron chi connectivity index (χ0n) is 18.2. The van der Waals surface area contributed by atoms with Gasteiger partial charge in [-0.2, -0.15) is 0 Å².